The summed E-state index contributed by atoms with van der Waals surface area (Å²) in [6.07, 6.45) is 0. The Morgan fingerprint density at radius 2 is 2.00 bits per heavy atom. The van der Waals surface area contributed by atoms with Crippen LogP contribution < -0.4 is 5.63 Å². The molecule has 2 aromatic heterocycles. The number of benzene rings is 1. The molecule has 0 atom stereocenters. The summed E-state index contributed by atoms with van der Waals surface area (Å²) in [7, 11) is 0. The molecule has 0 bridgehead atoms. The number of hydrogen-bond donors (Lipinski definition) is 1. The summed E-state index contributed by atoms with van der Waals surface area (Å²) in [5, 5.41) is 14.6. The maximum atomic E-state index is 12.2. The van der Waals surface area contributed by atoms with E-state index in [1.807, 2.05) is 37.3 Å². The van der Waals surface area contributed by atoms with Gasteiger partial charge in [-0.05, 0) is 32.0 Å². The Morgan fingerprint density at radius 3 is 2.64 bits per heavy atom. The summed E-state index contributed by atoms with van der Waals surface area (Å²) in [6.45, 7) is 3.59. The van der Waals surface area contributed by atoms with Gasteiger partial charge in [-0.2, -0.15) is 5.10 Å². The third-order valence-electron chi connectivity index (χ3n) is 3.55. The van der Waals surface area contributed by atoms with Crippen LogP contribution in [0.1, 0.15) is 23.2 Å². The Morgan fingerprint density at radius 1 is 1.28 bits per heavy atom. The topological polar surface area (TPSA) is 94.6 Å². The zero-order valence-corrected chi connectivity index (χ0v) is 13.7. The minimum atomic E-state index is -0.860. The van der Waals surface area contributed by atoms with Crippen molar-refractivity contribution in [3.63, 3.8) is 0 Å². The molecule has 128 valence electrons. The Labute approximate surface area is 143 Å². The Balaban J connectivity index is 2.06. The van der Waals surface area contributed by atoms with Gasteiger partial charge in [-0.3, -0.25) is 0 Å². The predicted molar refractivity (Wildman–Crippen MR) is 89.9 cm³/mol. The minimum Gasteiger partial charge on any atom is -0.507 e. The number of nitrogens with zero attached hydrogens (tertiary/aromatic N) is 2. The molecule has 0 spiro atoms. The predicted octanol–water partition coefficient (Wildman–Crippen LogP) is 2.68. The van der Waals surface area contributed by atoms with E-state index in [4.69, 9.17) is 9.15 Å². The molecular formula is C18H16N2O5. The summed E-state index contributed by atoms with van der Waals surface area (Å²) >= 11 is 0. The molecule has 0 saturated carbocycles. The van der Waals surface area contributed by atoms with Crippen LogP contribution in [-0.2, 0) is 4.74 Å². The van der Waals surface area contributed by atoms with Gasteiger partial charge in [0.15, 0.2) is 0 Å². The molecule has 3 rings (SSSR count). The van der Waals surface area contributed by atoms with Crippen molar-refractivity contribution in [1.29, 1.82) is 0 Å². The number of aryl methyl sites for hydroxylation is 1. The van der Waals surface area contributed by atoms with Gasteiger partial charge >= 0.3 is 11.6 Å². The average molecular weight is 340 g/mol. The van der Waals surface area contributed by atoms with Gasteiger partial charge in [0.1, 0.15) is 17.0 Å². The van der Waals surface area contributed by atoms with Gasteiger partial charge in [-0.15, -0.1) is 0 Å². The van der Waals surface area contributed by atoms with Crippen molar-refractivity contribution in [2.75, 3.05) is 6.61 Å². The number of carbonyl (C=O) groups excluding carboxylic acids is 1. The Hall–Kier alpha value is -3.35. The van der Waals surface area contributed by atoms with Crippen LogP contribution in [0.25, 0.3) is 16.9 Å². The van der Waals surface area contributed by atoms with E-state index < -0.39 is 17.3 Å². The quantitative estimate of drug-likeness (QED) is 0.734. The number of aromatic nitrogens is 2. The van der Waals surface area contributed by atoms with Crippen molar-refractivity contribution < 1.29 is 19.1 Å². The highest BCUT2D eigenvalue weighted by molar-refractivity contribution is 5.87. The lowest BCUT2D eigenvalue weighted by atomic mass is 10.2. The normalized spacial score (nSPS) is 10.6. The second-order valence-corrected chi connectivity index (χ2v) is 5.30. The van der Waals surface area contributed by atoms with Gasteiger partial charge < -0.3 is 14.3 Å². The summed E-state index contributed by atoms with van der Waals surface area (Å²) in [6, 6.07) is 12.1. The van der Waals surface area contributed by atoms with Crippen molar-refractivity contribution in [3.05, 3.63) is 64.3 Å². The SMILES string of the molecule is CCOC(=O)c1cc(O)c(-c2cc(C)n(-c3ccccc3)n2)c(=O)o1. The summed E-state index contributed by atoms with van der Waals surface area (Å²) < 4.78 is 11.4. The molecule has 0 unspecified atom stereocenters. The summed E-state index contributed by atoms with van der Waals surface area (Å²) in [5.41, 5.74) is 0.877. The van der Waals surface area contributed by atoms with Crippen molar-refractivity contribution in [1.82, 2.24) is 9.78 Å². The smallest absolute Gasteiger partial charge is 0.374 e. The zero-order valence-electron chi connectivity index (χ0n) is 13.7. The first-order valence-corrected chi connectivity index (χ1v) is 7.68. The first kappa shape index (κ1) is 16.5. The molecule has 0 saturated heterocycles. The monoisotopic (exact) mass is 340 g/mol. The highest BCUT2D eigenvalue weighted by Crippen LogP contribution is 2.27. The number of hydrogen-bond acceptors (Lipinski definition) is 6. The van der Waals surface area contributed by atoms with E-state index in [0.717, 1.165) is 17.4 Å². The molecule has 1 N–H and O–H groups in total. The maximum Gasteiger partial charge on any atom is 0.374 e. The second-order valence-electron chi connectivity index (χ2n) is 5.30. The van der Waals surface area contributed by atoms with E-state index >= 15 is 0 Å². The van der Waals surface area contributed by atoms with E-state index in [-0.39, 0.29) is 23.6 Å². The molecule has 25 heavy (non-hydrogen) atoms. The summed E-state index contributed by atoms with van der Waals surface area (Å²) in [5.74, 6) is -1.56. The van der Waals surface area contributed by atoms with Crippen LogP contribution in [0.3, 0.4) is 0 Å². The molecule has 1 aromatic carbocycles. The molecule has 7 nitrogen and oxygen atoms in total. The zero-order chi connectivity index (χ0) is 18.0. The van der Waals surface area contributed by atoms with Gasteiger partial charge in [-0.25, -0.2) is 14.3 Å². The van der Waals surface area contributed by atoms with Gasteiger partial charge in [0, 0.05) is 11.8 Å². The molecule has 7 heteroatoms. The van der Waals surface area contributed by atoms with E-state index in [0.29, 0.717) is 0 Å². The molecule has 2 heterocycles. The van der Waals surface area contributed by atoms with Crippen molar-refractivity contribution in [2.45, 2.75) is 13.8 Å². The lowest BCUT2D eigenvalue weighted by molar-refractivity contribution is 0.0484. The van der Waals surface area contributed by atoms with Crippen LogP contribution in [0.15, 0.2) is 51.7 Å². The van der Waals surface area contributed by atoms with Gasteiger partial charge in [0.2, 0.25) is 5.76 Å². The lowest BCUT2D eigenvalue weighted by Crippen LogP contribution is -2.11. The second kappa shape index (κ2) is 6.64. The van der Waals surface area contributed by atoms with Crippen molar-refractivity contribution in [3.8, 4) is 22.7 Å². The first-order chi connectivity index (χ1) is 12.0. The van der Waals surface area contributed by atoms with E-state index in [1.54, 1.807) is 17.7 Å². The Kier molecular flexibility index (Phi) is 4.38. The number of ether oxygens (including phenoxy) is 1. The minimum absolute atomic E-state index is 0.106. The lowest BCUT2D eigenvalue weighted by Gasteiger charge is -2.04. The highest BCUT2D eigenvalue weighted by Gasteiger charge is 2.21. The molecule has 0 aliphatic heterocycles. The molecule has 0 radical (unpaired) electrons. The number of carbonyl (C=O) groups is 1. The highest BCUT2D eigenvalue weighted by atomic mass is 16.5. The molecule has 3 aromatic rings. The number of rotatable bonds is 4. The number of esters is 1. The third-order valence-corrected chi connectivity index (χ3v) is 3.55. The van der Waals surface area contributed by atoms with Gasteiger partial charge in [0.25, 0.3) is 0 Å². The van der Waals surface area contributed by atoms with E-state index in [9.17, 15) is 14.7 Å². The number of aromatic hydroxyl groups is 1. The maximum absolute atomic E-state index is 12.2. The van der Waals surface area contributed by atoms with E-state index in [2.05, 4.69) is 5.10 Å². The molecular weight excluding hydrogens is 324 g/mol. The third kappa shape index (κ3) is 3.16. The standard InChI is InChI=1S/C18H16N2O5/c1-3-24-17(22)15-10-14(21)16(18(23)25-15)13-9-11(2)20(19-13)12-7-5-4-6-8-12/h4-10,21H,3H2,1-2H3. The van der Waals surface area contributed by atoms with Crippen LogP contribution in [0, 0.1) is 6.92 Å². The van der Waals surface area contributed by atoms with Gasteiger partial charge in [0.05, 0.1) is 12.3 Å². The fourth-order valence-corrected chi connectivity index (χ4v) is 2.45. The van der Waals surface area contributed by atoms with Crippen LogP contribution in [-0.4, -0.2) is 27.5 Å². The average Bonchev–Trinajstić information content (AvgIpc) is 2.96. The van der Waals surface area contributed by atoms with Crippen LogP contribution in [0.5, 0.6) is 5.75 Å². The number of para-hydroxylation sites is 1. The molecule has 0 aliphatic rings. The largest absolute Gasteiger partial charge is 0.507 e. The van der Waals surface area contributed by atoms with Crippen LogP contribution >= 0.6 is 0 Å². The molecule has 0 amide bonds. The first-order valence-electron chi connectivity index (χ1n) is 7.68. The van der Waals surface area contributed by atoms with Crippen LogP contribution in [0.2, 0.25) is 0 Å². The fourth-order valence-electron chi connectivity index (χ4n) is 2.45. The Bertz CT molecular complexity index is 973. The van der Waals surface area contributed by atoms with Crippen molar-refractivity contribution >= 4 is 5.97 Å². The fraction of sp³-hybridized carbons (Fsp3) is 0.167. The van der Waals surface area contributed by atoms with Crippen molar-refractivity contribution in [2.24, 2.45) is 0 Å². The molecule has 0 aliphatic carbocycles. The summed E-state index contributed by atoms with van der Waals surface area (Å²) in [4.78, 5) is 23.9. The van der Waals surface area contributed by atoms with E-state index in [1.165, 1.54) is 0 Å². The molecule has 0 fully saturated rings. The van der Waals surface area contributed by atoms with Crippen LogP contribution in [0.4, 0.5) is 0 Å². The van der Waals surface area contributed by atoms with Gasteiger partial charge in [-0.1, -0.05) is 18.2 Å².